The first-order valence-corrected chi connectivity index (χ1v) is 8.49. The van der Waals surface area contributed by atoms with Gasteiger partial charge < -0.3 is 9.47 Å². The highest BCUT2D eigenvalue weighted by atomic mass is 16.5. The zero-order valence-electron chi connectivity index (χ0n) is 15.0. The molecule has 0 N–H and O–H groups in total. The normalized spacial score (nSPS) is 23.2. The molecule has 0 saturated carbocycles. The van der Waals surface area contributed by atoms with Gasteiger partial charge in [0.2, 0.25) is 0 Å². The van der Waals surface area contributed by atoms with Crippen LogP contribution in [-0.4, -0.2) is 48.0 Å². The van der Waals surface area contributed by atoms with Gasteiger partial charge in [-0.2, -0.15) is 5.10 Å². The second kappa shape index (κ2) is 6.95. The summed E-state index contributed by atoms with van der Waals surface area (Å²) in [5.74, 6) is 1.37. The van der Waals surface area contributed by atoms with Gasteiger partial charge in [-0.3, -0.25) is 9.58 Å². The highest BCUT2D eigenvalue weighted by Crippen LogP contribution is 2.30. The number of aromatic nitrogens is 2. The van der Waals surface area contributed by atoms with Crippen LogP contribution < -0.4 is 4.74 Å². The Labute approximate surface area is 144 Å². The van der Waals surface area contributed by atoms with Gasteiger partial charge >= 0.3 is 0 Å². The average molecular weight is 329 g/mol. The van der Waals surface area contributed by atoms with E-state index in [0.29, 0.717) is 5.92 Å². The lowest BCUT2D eigenvalue weighted by atomic mass is 9.95. The SMILES string of the molecule is COc1ccc([C@@H](C)CN2CCO[C@@](C)(c3cnn(C)c3)C2)cc1. The molecule has 5 heteroatoms. The Morgan fingerprint density at radius 3 is 2.71 bits per heavy atom. The molecule has 0 amide bonds. The Hall–Kier alpha value is -1.85. The van der Waals surface area contributed by atoms with Gasteiger partial charge in [-0.1, -0.05) is 19.1 Å². The zero-order valence-corrected chi connectivity index (χ0v) is 15.0. The van der Waals surface area contributed by atoms with E-state index in [1.807, 2.05) is 30.1 Å². The standard InChI is InChI=1S/C19H27N3O2/c1-15(16-5-7-18(23-4)8-6-16)12-22-9-10-24-19(2,14-22)17-11-20-21(3)13-17/h5-8,11,13,15H,9-10,12,14H2,1-4H3/t15-,19+/m0/s1. The number of aryl methyl sites for hydroxylation is 1. The summed E-state index contributed by atoms with van der Waals surface area (Å²) < 4.78 is 13.2. The molecule has 2 aromatic rings. The maximum Gasteiger partial charge on any atom is 0.118 e. The van der Waals surface area contributed by atoms with Crippen molar-refractivity contribution in [2.75, 3.05) is 33.4 Å². The summed E-state index contributed by atoms with van der Waals surface area (Å²) in [5.41, 5.74) is 2.20. The topological polar surface area (TPSA) is 39.5 Å². The van der Waals surface area contributed by atoms with Gasteiger partial charge in [0, 0.05) is 38.4 Å². The zero-order chi connectivity index (χ0) is 17.2. The molecule has 0 bridgehead atoms. The number of nitrogens with zero attached hydrogens (tertiary/aromatic N) is 3. The lowest BCUT2D eigenvalue weighted by Gasteiger charge is -2.41. The van der Waals surface area contributed by atoms with Crippen LogP contribution in [0.5, 0.6) is 5.75 Å². The first kappa shape index (κ1) is 17.0. The van der Waals surface area contributed by atoms with Gasteiger partial charge in [0.05, 0.1) is 19.9 Å². The predicted octanol–water partition coefficient (Wildman–Crippen LogP) is 2.78. The molecule has 5 nitrogen and oxygen atoms in total. The van der Waals surface area contributed by atoms with Crippen LogP contribution in [0.3, 0.4) is 0 Å². The monoisotopic (exact) mass is 329 g/mol. The Bertz CT molecular complexity index is 668. The fraction of sp³-hybridized carbons (Fsp3) is 0.526. The van der Waals surface area contributed by atoms with Crippen molar-refractivity contribution in [2.45, 2.75) is 25.4 Å². The van der Waals surface area contributed by atoms with Crippen molar-refractivity contribution < 1.29 is 9.47 Å². The Kier molecular flexibility index (Phi) is 4.92. The van der Waals surface area contributed by atoms with Crippen molar-refractivity contribution in [3.63, 3.8) is 0 Å². The maximum absolute atomic E-state index is 6.10. The molecule has 1 aliphatic rings. The predicted molar refractivity (Wildman–Crippen MR) is 94.4 cm³/mol. The van der Waals surface area contributed by atoms with Gasteiger partial charge in [-0.15, -0.1) is 0 Å². The number of ether oxygens (including phenoxy) is 2. The Morgan fingerprint density at radius 2 is 2.08 bits per heavy atom. The fourth-order valence-corrected chi connectivity index (χ4v) is 3.40. The van der Waals surface area contributed by atoms with Crippen LogP contribution in [0.2, 0.25) is 0 Å². The minimum Gasteiger partial charge on any atom is -0.497 e. The molecular formula is C19H27N3O2. The summed E-state index contributed by atoms with van der Waals surface area (Å²) in [6.45, 7) is 8.06. The fourth-order valence-electron chi connectivity index (χ4n) is 3.40. The van der Waals surface area contributed by atoms with E-state index in [9.17, 15) is 0 Å². The molecule has 24 heavy (non-hydrogen) atoms. The van der Waals surface area contributed by atoms with Crippen molar-refractivity contribution in [1.29, 1.82) is 0 Å². The number of hydrogen-bond donors (Lipinski definition) is 0. The minimum atomic E-state index is -0.286. The Balaban J connectivity index is 1.66. The molecule has 0 spiro atoms. The van der Waals surface area contributed by atoms with Gasteiger partial charge in [0.25, 0.3) is 0 Å². The lowest BCUT2D eigenvalue weighted by molar-refractivity contribution is -0.104. The van der Waals surface area contributed by atoms with Crippen LogP contribution >= 0.6 is 0 Å². The molecule has 1 aromatic carbocycles. The molecule has 0 radical (unpaired) electrons. The molecule has 2 heterocycles. The van der Waals surface area contributed by atoms with Crippen LogP contribution in [-0.2, 0) is 17.4 Å². The van der Waals surface area contributed by atoms with Crippen molar-refractivity contribution in [2.24, 2.45) is 7.05 Å². The number of morpholine rings is 1. The summed E-state index contributed by atoms with van der Waals surface area (Å²) in [7, 11) is 3.64. The van der Waals surface area contributed by atoms with Crippen molar-refractivity contribution in [3.05, 3.63) is 47.8 Å². The Morgan fingerprint density at radius 1 is 1.33 bits per heavy atom. The highest BCUT2D eigenvalue weighted by molar-refractivity contribution is 5.29. The molecule has 1 aromatic heterocycles. The van der Waals surface area contributed by atoms with Crippen molar-refractivity contribution in [3.8, 4) is 5.75 Å². The smallest absolute Gasteiger partial charge is 0.118 e. The van der Waals surface area contributed by atoms with Crippen LogP contribution in [0.1, 0.15) is 30.9 Å². The quantitative estimate of drug-likeness (QED) is 0.846. The molecule has 1 aliphatic heterocycles. The first-order chi connectivity index (χ1) is 11.5. The third kappa shape index (κ3) is 3.62. The summed E-state index contributed by atoms with van der Waals surface area (Å²) in [5, 5.41) is 4.29. The first-order valence-electron chi connectivity index (χ1n) is 8.49. The van der Waals surface area contributed by atoms with E-state index in [0.717, 1.165) is 37.6 Å². The average Bonchev–Trinajstić information content (AvgIpc) is 3.02. The van der Waals surface area contributed by atoms with E-state index in [4.69, 9.17) is 9.47 Å². The second-order valence-corrected chi connectivity index (χ2v) is 6.89. The largest absolute Gasteiger partial charge is 0.497 e. The van der Waals surface area contributed by atoms with Crippen LogP contribution in [0.4, 0.5) is 0 Å². The molecule has 0 unspecified atom stereocenters. The highest BCUT2D eigenvalue weighted by Gasteiger charge is 2.35. The van der Waals surface area contributed by atoms with E-state index in [-0.39, 0.29) is 5.60 Å². The number of rotatable bonds is 5. The summed E-state index contributed by atoms with van der Waals surface area (Å²) >= 11 is 0. The van der Waals surface area contributed by atoms with Crippen molar-refractivity contribution >= 4 is 0 Å². The number of hydrogen-bond acceptors (Lipinski definition) is 4. The molecule has 1 saturated heterocycles. The maximum atomic E-state index is 6.10. The third-order valence-electron chi connectivity index (χ3n) is 4.89. The molecule has 130 valence electrons. The number of benzene rings is 1. The summed E-state index contributed by atoms with van der Waals surface area (Å²) in [4.78, 5) is 2.49. The van der Waals surface area contributed by atoms with E-state index in [1.165, 1.54) is 5.56 Å². The molecule has 3 rings (SSSR count). The van der Waals surface area contributed by atoms with Crippen LogP contribution in [0.15, 0.2) is 36.7 Å². The van der Waals surface area contributed by atoms with Gasteiger partial charge in [0.1, 0.15) is 11.4 Å². The van der Waals surface area contributed by atoms with Crippen LogP contribution in [0, 0.1) is 0 Å². The minimum absolute atomic E-state index is 0.286. The molecule has 1 fully saturated rings. The van der Waals surface area contributed by atoms with Gasteiger partial charge in [-0.25, -0.2) is 0 Å². The second-order valence-electron chi connectivity index (χ2n) is 6.89. The summed E-state index contributed by atoms with van der Waals surface area (Å²) in [6, 6.07) is 8.38. The summed E-state index contributed by atoms with van der Waals surface area (Å²) in [6.07, 6.45) is 3.97. The van der Waals surface area contributed by atoms with E-state index in [2.05, 4.69) is 42.2 Å². The molecule has 2 atom stereocenters. The van der Waals surface area contributed by atoms with E-state index < -0.39 is 0 Å². The number of methoxy groups -OCH3 is 1. The van der Waals surface area contributed by atoms with E-state index in [1.54, 1.807) is 7.11 Å². The lowest BCUT2D eigenvalue weighted by Crippen LogP contribution is -2.49. The van der Waals surface area contributed by atoms with E-state index >= 15 is 0 Å². The third-order valence-corrected chi connectivity index (χ3v) is 4.89. The van der Waals surface area contributed by atoms with Crippen molar-refractivity contribution in [1.82, 2.24) is 14.7 Å². The van der Waals surface area contributed by atoms with Gasteiger partial charge in [-0.05, 0) is 30.5 Å². The van der Waals surface area contributed by atoms with Crippen LogP contribution in [0.25, 0.3) is 0 Å². The molecular weight excluding hydrogens is 302 g/mol. The molecule has 0 aliphatic carbocycles. The van der Waals surface area contributed by atoms with Gasteiger partial charge in [0.15, 0.2) is 0 Å².